The first-order valence-corrected chi connectivity index (χ1v) is 17.0. The molecule has 0 aliphatic rings. The van der Waals surface area contributed by atoms with E-state index in [0.29, 0.717) is 28.6 Å². The molecule has 4 aromatic rings. The van der Waals surface area contributed by atoms with E-state index in [4.69, 9.17) is 46.4 Å². The molecule has 0 unspecified atom stereocenters. The molecule has 0 radical (unpaired) electrons. The zero-order chi connectivity index (χ0) is 32.6. The third-order valence-electron chi connectivity index (χ3n) is 6.98. The molecule has 0 heterocycles. The van der Waals surface area contributed by atoms with Crippen LogP contribution in [0.2, 0.25) is 20.1 Å². The SMILES string of the molecule is CCCNC(=O)[C@H](Cc1ccccc1)N(Cc1ccc(Cl)cc1Cl)C(=O)CN(c1ccc(Cl)c(Cl)c1)S(=O)(=O)c1ccccc1. The van der Waals surface area contributed by atoms with Crippen molar-refractivity contribution in [1.82, 2.24) is 10.2 Å². The summed E-state index contributed by atoms with van der Waals surface area (Å²) < 4.78 is 29.0. The molecule has 4 rings (SSSR count). The molecule has 12 heteroatoms. The molecule has 0 bridgehead atoms. The van der Waals surface area contributed by atoms with Crippen molar-refractivity contribution < 1.29 is 18.0 Å². The lowest BCUT2D eigenvalue weighted by molar-refractivity contribution is -0.140. The maximum Gasteiger partial charge on any atom is 0.264 e. The summed E-state index contributed by atoms with van der Waals surface area (Å²) >= 11 is 25.1. The molecule has 7 nitrogen and oxygen atoms in total. The summed E-state index contributed by atoms with van der Waals surface area (Å²) in [5.41, 5.74) is 1.47. The maximum atomic E-state index is 14.5. The third-order valence-corrected chi connectivity index (χ3v) is 10.1. The number of amides is 2. The molecule has 0 saturated heterocycles. The number of sulfonamides is 1. The van der Waals surface area contributed by atoms with Crippen LogP contribution in [-0.2, 0) is 32.6 Å². The van der Waals surface area contributed by atoms with Gasteiger partial charge in [-0.1, -0.05) is 108 Å². The second-order valence-electron chi connectivity index (χ2n) is 10.2. The summed E-state index contributed by atoms with van der Waals surface area (Å²) in [5.74, 6) is -1.02. The van der Waals surface area contributed by atoms with E-state index < -0.39 is 28.5 Å². The van der Waals surface area contributed by atoms with Crippen LogP contribution in [0.1, 0.15) is 24.5 Å². The number of hydrogen-bond acceptors (Lipinski definition) is 4. The molecule has 1 atom stereocenters. The first-order chi connectivity index (χ1) is 21.5. The van der Waals surface area contributed by atoms with E-state index in [0.717, 1.165) is 9.87 Å². The minimum Gasteiger partial charge on any atom is -0.354 e. The van der Waals surface area contributed by atoms with Crippen LogP contribution in [0.5, 0.6) is 0 Å². The number of anilines is 1. The number of halogens is 4. The molecular weight excluding hydrogens is 676 g/mol. The quantitative estimate of drug-likeness (QED) is 0.155. The highest BCUT2D eigenvalue weighted by atomic mass is 35.5. The van der Waals surface area contributed by atoms with Gasteiger partial charge in [0.05, 0.1) is 20.6 Å². The van der Waals surface area contributed by atoms with Crippen LogP contribution in [0.3, 0.4) is 0 Å². The summed E-state index contributed by atoms with van der Waals surface area (Å²) in [7, 11) is -4.28. The van der Waals surface area contributed by atoms with Crippen molar-refractivity contribution in [3.63, 3.8) is 0 Å². The molecule has 4 aromatic carbocycles. The Morgan fingerprint density at radius 3 is 2.09 bits per heavy atom. The lowest BCUT2D eigenvalue weighted by Gasteiger charge is -2.34. The van der Waals surface area contributed by atoms with Crippen molar-refractivity contribution >= 4 is 73.9 Å². The smallest absolute Gasteiger partial charge is 0.264 e. The average molecular weight is 708 g/mol. The molecule has 0 spiro atoms. The molecule has 0 aliphatic heterocycles. The normalized spacial score (nSPS) is 11.9. The number of hydrogen-bond donors (Lipinski definition) is 1. The fourth-order valence-corrected chi connectivity index (χ4v) is 6.83. The Morgan fingerprint density at radius 1 is 0.800 bits per heavy atom. The van der Waals surface area contributed by atoms with E-state index >= 15 is 0 Å². The van der Waals surface area contributed by atoms with Crippen LogP contribution in [0.4, 0.5) is 5.69 Å². The standard InChI is InChI=1S/C33H31Cl4N3O4S/c1-2-17-38-33(42)31(18-23-9-5-3-6-10-23)39(21-24-13-14-25(34)19-29(24)36)32(41)22-40(26-15-16-28(35)30(37)20-26)45(43,44)27-11-7-4-8-12-27/h3-16,19-20,31H,2,17-18,21-22H2,1H3,(H,38,42)/t31-/m0/s1. The average Bonchev–Trinajstić information content (AvgIpc) is 3.03. The van der Waals surface area contributed by atoms with Crippen molar-refractivity contribution in [1.29, 1.82) is 0 Å². The highest BCUT2D eigenvalue weighted by Crippen LogP contribution is 2.31. The predicted octanol–water partition coefficient (Wildman–Crippen LogP) is 7.66. The minimum atomic E-state index is -4.28. The van der Waals surface area contributed by atoms with E-state index in [1.165, 1.54) is 35.2 Å². The van der Waals surface area contributed by atoms with Gasteiger partial charge in [0.2, 0.25) is 11.8 Å². The fraction of sp³-hybridized carbons (Fsp3) is 0.212. The van der Waals surface area contributed by atoms with Gasteiger partial charge in [-0.05, 0) is 60.0 Å². The Kier molecular flexibility index (Phi) is 12.2. The van der Waals surface area contributed by atoms with Gasteiger partial charge in [0.1, 0.15) is 12.6 Å². The van der Waals surface area contributed by atoms with Crippen LogP contribution in [0.25, 0.3) is 0 Å². The van der Waals surface area contributed by atoms with Gasteiger partial charge in [0.25, 0.3) is 10.0 Å². The Hall–Kier alpha value is -3.27. The van der Waals surface area contributed by atoms with Crippen molar-refractivity contribution in [2.45, 2.75) is 37.2 Å². The predicted molar refractivity (Wildman–Crippen MR) is 182 cm³/mol. The van der Waals surface area contributed by atoms with Gasteiger partial charge in [-0.3, -0.25) is 13.9 Å². The van der Waals surface area contributed by atoms with Gasteiger partial charge >= 0.3 is 0 Å². The first kappa shape index (κ1) is 34.6. The van der Waals surface area contributed by atoms with Gasteiger partial charge < -0.3 is 10.2 Å². The Morgan fingerprint density at radius 2 is 1.47 bits per heavy atom. The van der Waals surface area contributed by atoms with Crippen molar-refractivity contribution in [2.75, 3.05) is 17.4 Å². The van der Waals surface area contributed by atoms with E-state index in [-0.39, 0.29) is 39.5 Å². The van der Waals surface area contributed by atoms with Crippen LogP contribution < -0.4 is 9.62 Å². The van der Waals surface area contributed by atoms with Gasteiger partial charge in [0, 0.05) is 29.6 Å². The molecule has 0 saturated carbocycles. The summed E-state index contributed by atoms with van der Waals surface area (Å²) in [6, 6.07) is 25.2. The monoisotopic (exact) mass is 705 g/mol. The number of nitrogens with zero attached hydrogens (tertiary/aromatic N) is 2. The largest absolute Gasteiger partial charge is 0.354 e. The zero-order valence-corrected chi connectivity index (χ0v) is 28.1. The highest BCUT2D eigenvalue weighted by Gasteiger charge is 2.35. The van der Waals surface area contributed by atoms with Gasteiger partial charge in [-0.15, -0.1) is 0 Å². The second kappa shape index (κ2) is 15.8. The van der Waals surface area contributed by atoms with E-state index in [9.17, 15) is 18.0 Å². The number of nitrogens with one attached hydrogen (secondary N) is 1. The molecule has 0 aromatic heterocycles. The molecule has 0 fully saturated rings. The van der Waals surface area contributed by atoms with Gasteiger partial charge in [-0.2, -0.15) is 0 Å². The number of rotatable bonds is 13. The van der Waals surface area contributed by atoms with Crippen molar-refractivity contribution in [3.05, 3.63) is 128 Å². The lowest BCUT2D eigenvalue weighted by Crippen LogP contribution is -2.53. The minimum absolute atomic E-state index is 0.0299. The topological polar surface area (TPSA) is 86.8 Å². The molecular formula is C33H31Cl4N3O4S. The van der Waals surface area contributed by atoms with Crippen LogP contribution in [0, 0.1) is 0 Å². The second-order valence-corrected chi connectivity index (χ2v) is 13.7. The maximum absolute atomic E-state index is 14.5. The lowest BCUT2D eigenvalue weighted by atomic mass is 10.0. The summed E-state index contributed by atoms with van der Waals surface area (Å²) in [6.45, 7) is 1.58. The molecule has 236 valence electrons. The molecule has 2 amide bonds. The van der Waals surface area contributed by atoms with Gasteiger partial charge in [0.15, 0.2) is 0 Å². The van der Waals surface area contributed by atoms with Crippen molar-refractivity contribution in [2.24, 2.45) is 0 Å². The molecule has 1 N–H and O–H groups in total. The molecule has 45 heavy (non-hydrogen) atoms. The van der Waals surface area contributed by atoms with E-state index in [1.54, 1.807) is 36.4 Å². The Balaban J connectivity index is 1.82. The zero-order valence-electron chi connectivity index (χ0n) is 24.3. The fourth-order valence-electron chi connectivity index (χ4n) is 4.64. The number of carbonyl (C=O) groups excluding carboxylic acids is 2. The van der Waals surface area contributed by atoms with Crippen LogP contribution in [-0.4, -0.2) is 44.3 Å². The summed E-state index contributed by atoms with van der Waals surface area (Å²) in [6.07, 6.45) is 0.854. The summed E-state index contributed by atoms with van der Waals surface area (Å²) in [4.78, 5) is 29.5. The number of carbonyl (C=O) groups is 2. The molecule has 0 aliphatic carbocycles. The Labute approximate surface area is 283 Å². The summed E-state index contributed by atoms with van der Waals surface area (Å²) in [5, 5.41) is 3.94. The Bertz CT molecular complexity index is 1740. The van der Waals surface area contributed by atoms with Crippen LogP contribution >= 0.6 is 46.4 Å². The highest BCUT2D eigenvalue weighted by molar-refractivity contribution is 7.92. The van der Waals surface area contributed by atoms with Gasteiger partial charge in [-0.25, -0.2) is 8.42 Å². The first-order valence-electron chi connectivity index (χ1n) is 14.1. The van der Waals surface area contributed by atoms with E-state index in [1.807, 2.05) is 37.3 Å². The third kappa shape index (κ3) is 8.93. The van der Waals surface area contributed by atoms with Crippen LogP contribution in [0.15, 0.2) is 102 Å². The van der Waals surface area contributed by atoms with Crippen molar-refractivity contribution in [3.8, 4) is 0 Å². The van der Waals surface area contributed by atoms with E-state index in [2.05, 4.69) is 5.32 Å². The number of benzene rings is 4.